The van der Waals surface area contributed by atoms with Crippen molar-refractivity contribution < 1.29 is 18.7 Å². The second kappa shape index (κ2) is 7.68. The first kappa shape index (κ1) is 19.7. The number of halogens is 2. The lowest BCUT2D eigenvalue weighted by atomic mass is 10.0. The van der Waals surface area contributed by atoms with Crippen molar-refractivity contribution in [1.82, 2.24) is 9.55 Å². The van der Waals surface area contributed by atoms with Gasteiger partial charge in [0, 0.05) is 5.38 Å². The first-order valence-electron chi connectivity index (χ1n) is 8.88. The van der Waals surface area contributed by atoms with Crippen LogP contribution in [0.3, 0.4) is 0 Å². The van der Waals surface area contributed by atoms with Crippen LogP contribution in [0.4, 0.5) is 8.78 Å². The summed E-state index contributed by atoms with van der Waals surface area (Å²) in [5.41, 5.74) is -0.397. The summed E-state index contributed by atoms with van der Waals surface area (Å²) < 4.78 is 28.2. The summed E-state index contributed by atoms with van der Waals surface area (Å²) in [4.78, 5) is 39.0. The number of aromatic carboxylic acids is 1. The molecule has 4 aromatic rings. The number of fused-ring (bicyclic) bond motifs is 1. The van der Waals surface area contributed by atoms with Crippen LogP contribution in [-0.2, 0) is 12.8 Å². The SMILES string of the molecule is O=C(O)c1scc2[nH]c(=O)n(-c3cc(CCc4ccc(F)cc4)ccc3F)c(=O)c12. The minimum Gasteiger partial charge on any atom is -0.477 e. The molecule has 2 heterocycles. The third kappa shape index (κ3) is 3.55. The molecule has 2 aromatic carbocycles. The highest BCUT2D eigenvalue weighted by Gasteiger charge is 2.20. The van der Waals surface area contributed by atoms with E-state index in [4.69, 9.17) is 0 Å². The maximum Gasteiger partial charge on any atom is 0.346 e. The van der Waals surface area contributed by atoms with Gasteiger partial charge in [-0.1, -0.05) is 18.2 Å². The fraction of sp³-hybridized carbons (Fsp3) is 0.0952. The molecule has 0 fully saturated rings. The van der Waals surface area contributed by atoms with Crippen LogP contribution in [0.5, 0.6) is 0 Å². The van der Waals surface area contributed by atoms with Gasteiger partial charge in [0.2, 0.25) is 0 Å². The molecule has 0 unspecified atom stereocenters. The Morgan fingerprint density at radius 1 is 1.03 bits per heavy atom. The Bertz CT molecular complexity index is 1390. The van der Waals surface area contributed by atoms with Crippen LogP contribution in [0.1, 0.15) is 20.8 Å². The summed E-state index contributed by atoms with van der Waals surface area (Å²) in [7, 11) is 0. The predicted molar refractivity (Wildman–Crippen MR) is 109 cm³/mol. The van der Waals surface area contributed by atoms with Crippen LogP contribution < -0.4 is 11.2 Å². The number of H-pyrrole nitrogens is 1. The smallest absolute Gasteiger partial charge is 0.346 e. The van der Waals surface area contributed by atoms with Crippen LogP contribution in [0.2, 0.25) is 0 Å². The molecule has 0 aliphatic carbocycles. The Labute approximate surface area is 171 Å². The third-order valence-corrected chi connectivity index (χ3v) is 5.68. The molecular weight excluding hydrogens is 414 g/mol. The summed E-state index contributed by atoms with van der Waals surface area (Å²) in [6.07, 6.45) is 1.01. The van der Waals surface area contributed by atoms with Crippen LogP contribution in [0.25, 0.3) is 16.6 Å². The first-order valence-corrected chi connectivity index (χ1v) is 9.76. The standard InChI is InChI=1S/C21H14F2N2O4S/c22-13-6-3-11(4-7-13)1-2-12-5-8-14(23)16(9-12)25-19(26)17-15(24-21(25)29)10-30-18(17)20(27)28/h3-10H,1-2H2,(H,24,29)(H,27,28). The van der Waals surface area contributed by atoms with Gasteiger partial charge in [0.05, 0.1) is 16.6 Å². The maximum absolute atomic E-state index is 14.5. The minimum absolute atomic E-state index is 0.0940. The van der Waals surface area contributed by atoms with E-state index in [9.17, 15) is 28.3 Å². The van der Waals surface area contributed by atoms with Gasteiger partial charge in [-0.2, -0.15) is 0 Å². The topological polar surface area (TPSA) is 92.2 Å². The number of thiophene rings is 1. The van der Waals surface area contributed by atoms with Gasteiger partial charge in [0.15, 0.2) is 0 Å². The molecule has 4 rings (SSSR count). The zero-order valence-corrected chi connectivity index (χ0v) is 16.1. The minimum atomic E-state index is -1.31. The molecule has 0 saturated heterocycles. The predicted octanol–water partition coefficient (Wildman–Crippen LogP) is 3.50. The number of nitrogens with one attached hydrogen (secondary N) is 1. The molecule has 0 radical (unpaired) electrons. The summed E-state index contributed by atoms with van der Waals surface area (Å²) in [6.45, 7) is 0. The Morgan fingerprint density at radius 3 is 2.40 bits per heavy atom. The van der Waals surface area contributed by atoms with Crippen molar-refractivity contribution >= 4 is 28.2 Å². The number of carboxylic acids is 1. The molecule has 0 saturated carbocycles. The van der Waals surface area contributed by atoms with Gasteiger partial charge in [-0.25, -0.2) is 22.9 Å². The van der Waals surface area contributed by atoms with E-state index in [1.165, 1.54) is 29.6 Å². The number of aromatic amines is 1. The van der Waals surface area contributed by atoms with Crippen LogP contribution >= 0.6 is 11.3 Å². The van der Waals surface area contributed by atoms with Crippen LogP contribution in [-0.4, -0.2) is 20.6 Å². The van der Waals surface area contributed by atoms with E-state index in [2.05, 4.69) is 4.98 Å². The van der Waals surface area contributed by atoms with Crippen molar-refractivity contribution in [3.05, 3.63) is 96.3 Å². The Kier molecular flexibility index (Phi) is 5.04. The van der Waals surface area contributed by atoms with E-state index >= 15 is 0 Å². The van der Waals surface area contributed by atoms with Crippen LogP contribution in [0.15, 0.2) is 57.4 Å². The molecule has 0 spiro atoms. The summed E-state index contributed by atoms with van der Waals surface area (Å²) in [6, 6.07) is 10.1. The molecule has 0 atom stereocenters. The zero-order valence-electron chi connectivity index (χ0n) is 15.3. The fourth-order valence-electron chi connectivity index (χ4n) is 3.24. The van der Waals surface area contributed by atoms with Crippen molar-refractivity contribution in [2.75, 3.05) is 0 Å². The second-order valence-electron chi connectivity index (χ2n) is 6.64. The number of hydrogen-bond donors (Lipinski definition) is 2. The number of carbonyl (C=O) groups is 1. The third-order valence-electron chi connectivity index (χ3n) is 4.71. The quantitative estimate of drug-likeness (QED) is 0.509. The molecule has 9 heteroatoms. The van der Waals surface area contributed by atoms with Crippen molar-refractivity contribution in [3.63, 3.8) is 0 Å². The average Bonchev–Trinajstić information content (AvgIpc) is 3.14. The second-order valence-corrected chi connectivity index (χ2v) is 7.52. The zero-order chi connectivity index (χ0) is 21.4. The molecule has 0 aliphatic heterocycles. The molecule has 0 amide bonds. The van der Waals surface area contributed by atoms with E-state index in [0.717, 1.165) is 23.0 Å². The summed E-state index contributed by atoms with van der Waals surface area (Å²) >= 11 is 0.808. The molecule has 2 aromatic heterocycles. The van der Waals surface area contributed by atoms with Crippen molar-refractivity contribution in [3.8, 4) is 5.69 Å². The van der Waals surface area contributed by atoms with E-state index in [1.54, 1.807) is 12.1 Å². The van der Waals surface area contributed by atoms with E-state index in [1.807, 2.05) is 0 Å². The van der Waals surface area contributed by atoms with Crippen LogP contribution in [0, 0.1) is 11.6 Å². The van der Waals surface area contributed by atoms with Gasteiger partial charge >= 0.3 is 11.7 Å². The molecule has 0 aliphatic rings. The van der Waals surface area contributed by atoms with Crippen molar-refractivity contribution in [2.45, 2.75) is 12.8 Å². The number of aromatic nitrogens is 2. The number of carboxylic acid groups (broad SMARTS) is 1. The summed E-state index contributed by atoms with van der Waals surface area (Å²) in [5.74, 6) is -2.44. The first-order chi connectivity index (χ1) is 14.3. The van der Waals surface area contributed by atoms with Crippen molar-refractivity contribution in [2.24, 2.45) is 0 Å². The number of benzene rings is 2. The highest BCUT2D eigenvalue weighted by Crippen LogP contribution is 2.21. The Morgan fingerprint density at radius 2 is 1.70 bits per heavy atom. The molecule has 6 nitrogen and oxygen atoms in total. The number of hydrogen-bond acceptors (Lipinski definition) is 4. The van der Waals surface area contributed by atoms with E-state index in [-0.39, 0.29) is 27.3 Å². The van der Waals surface area contributed by atoms with Crippen molar-refractivity contribution in [1.29, 1.82) is 0 Å². The van der Waals surface area contributed by atoms with E-state index in [0.29, 0.717) is 23.0 Å². The van der Waals surface area contributed by atoms with Gasteiger partial charge in [-0.15, -0.1) is 11.3 Å². The summed E-state index contributed by atoms with van der Waals surface area (Å²) in [5, 5.41) is 10.5. The lowest BCUT2D eigenvalue weighted by molar-refractivity contribution is 0.0704. The molecular formula is C21H14F2N2O4S. The highest BCUT2D eigenvalue weighted by atomic mass is 32.1. The van der Waals surface area contributed by atoms with E-state index < -0.39 is 23.0 Å². The number of aryl methyl sites for hydroxylation is 2. The Balaban J connectivity index is 1.77. The Hall–Kier alpha value is -3.59. The number of rotatable bonds is 5. The molecule has 30 heavy (non-hydrogen) atoms. The molecule has 2 N–H and O–H groups in total. The monoisotopic (exact) mass is 428 g/mol. The molecule has 0 bridgehead atoms. The average molecular weight is 428 g/mol. The van der Waals surface area contributed by atoms with Gasteiger partial charge in [-0.3, -0.25) is 4.79 Å². The largest absolute Gasteiger partial charge is 0.477 e. The van der Waals surface area contributed by atoms with Gasteiger partial charge in [0.1, 0.15) is 16.5 Å². The van der Waals surface area contributed by atoms with Gasteiger partial charge in [-0.05, 0) is 48.2 Å². The molecule has 152 valence electrons. The maximum atomic E-state index is 14.5. The fourth-order valence-corrected chi connectivity index (χ4v) is 4.07. The lowest BCUT2D eigenvalue weighted by Crippen LogP contribution is -2.34. The lowest BCUT2D eigenvalue weighted by Gasteiger charge is -2.09. The highest BCUT2D eigenvalue weighted by molar-refractivity contribution is 7.13. The normalized spacial score (nSPS) is 11.1. The van der Waals surface area contributed by atoms with Gasteiger partial charge < -0.3 is 10.1 Å². The number of nitrogens with zero attached hydrogens (tertiary/aromatic N) is 1. The van der Waals surface area contributed by atoms with Gasteiger partial charge in [0.25, 0.3) is 5.56 Å².